The van der Waals surface area contributed by atoms with Gasteiger partial charge in [-0.05, 0) is 44.0 Å². The summed E-state index contributed by atoms with van der Waals surface area (Å²) in [5, 5.41) is 0. The number of ether oxygens (including phenoxy) is 1. The minimum Gasteiger partial charge on any atom is -0.496 e. The molecule has 0 aliphatic carbocycles. The number of hydrogen-bond acceptors (Lipinski definition) is 3. The Balaban J connectivity index is 2.94. The smallest absolute Gasteiger partial charge is 0.122 e. The maximum absolute atomic E-state index is 5.82. The van der Waals surface area contributed by atoms with Gasteiger partial charge in [-0.3, -0.25) is 4.90 Å². The van der Waals surface area contributed by atoms with Crippen molar-refractivity contribution < 1.29 is 4.74 Å². The normalized spacial score (nSPS) is 12.3. The monoisotopic (exact) mass is 264 g/mol. The highest BCUT2D eigenvalue weighted by atomic mass is 16.5. The van der Waals surface area contributed by atoms with Crippen molar-refractivity contribution in [1.82, 2.24) is 4.90 Å². The Bertz CT molecular complexity index is 413. The third-order valence-electron chi connectivity index (χ3n) is 3.87. The van der Waals surface area contributed by atoms with E-state index in [1.54, 1.807) is 7.11 Å². The molecular weight excluding hydrogens is 236 g/mol. The van der Waals surface area contributed by atoms with E-state index in [4.69, 9.17) is 10.5 Å². The summed E-state index contributed by atoms with van der Waals surface area (Å²) in [5.41, 5.74) is 8.40. The Labute approximate surface area is 117 Å². The fourth-order valence-electron chi connectivity index (χ4n) is 1.98. The summed E-state index contributed by atoms with van der Waals surface area (Å²) in [6.45, 7) is 10.3. The Morgan fingerprint density at radius 1 is 1.32 bits per heavy atom. The first-order valence-corrected chi connectivity index (χ1v) is 6.90. The van der Waals surface area contributed by atoms with Crippen LogP contribution < -0.4 is 10.5 Å². The van der Waals surface area contributed by atoms with Crippen LogP contribution in [0.25, 0.3) is 0 Å². The van der Waals surface area contributed by atoms with Crippen molar-refractivity contribution in [3.63, 3.8) is 0 Å². The van der Waals surface area contributed by atoms with E-state index >= 15 is 0 Å². The SMILES string of the molecule is COc1ccc(CN(C)C(C)(C)CN)cc1C(C)C. The Kier molecular flexibility index (Phi) is 5.39. The lowest BCUT2D eigenvalue weighted by Crippen LogP contribution is -2.46. The van der Waals surface area contributed by atoms with E-state index in [-0.39, 0.29) is 5.54 Å². The Morgan fingerprint density at radius 3 is 2.42 bits per heavy atom. The van der Waals surface area contributed by atoms with Crippen molar-refractivity contribution in [3.8, 4) is 5.75 Å². The van der Waals surface area contributed by atoms with Gasteiger partial charge in [0.25, 0.3) is 0 Å². The first-order chi connectivity index (χ1) is 8.81. The molecule has 2 N–H and O–H groups in total. The van der Waals surface area contributed by atoms with Crippen molar-refractivity contribution >= 4 is 0 Å². The van der Waals surface area contributed by atoms with Gasteiger partial charge in [-0.15, -0.1) is 0 Å². The molecule has 1 aromatic carbocycles. The summed E-state index contributed by atoms with van der Waals surface area (Å²) < 4.78 is 5.42. The van der Waals surface area contributed by atoms with Crippen LogP contribution in [0.1, 0.15) is 44.7 Å². The molecule has 0 heterocycles. The maximum Gasteiger partial charge on any atom is 0.122 e. The van der Waals surface area contributed by atoms with Gasteiger partial charge in [0.15, 0.2) is 0 Å². The van der Waals surface area contributed by atoms with Crippen LogP contribution in [0.4, 0.5) is 0 Å². The zero-order valence-corrected chi connectivity index (χ0v) is 13.2. The molecule has 108 valence electrons. The maximum atomic E-state index is 5.82. The molecular formula is C16H28N2O. The van der Waals surface area contributed by atoms with Gasteiger partial charge in [0, 0.05) is 18.6 Å². The first-order valence-electron chi connectivity index (χ1n) is 6.90. The highest BCUT2D eigenvalue weighted by Gasteiger charge is 2.21. The van der Waals surface area contributed by atoms with Gasteiger partial charge in [0.05, 0.1) is 7.11 Å². The molecule has 1 aromatic rings. The molecule has 0 atom stereocenters. The standard InChI is InChI=1S/C16H28N2O/c1-12(2)14-9-13(7-8-15(14)19-6)10-18(5)16(3,4)11-17/h7-9,12H,10-11,17H2,1-6H3. The molecule has 3 heteroatoms. The fourth-order valence-corrected chi connectivity index (χ4v) is 1.98. The Hall–Kier alpha value is -1.06. The van der Waals surface area contributed by atoms with E-state index in [0.717, 1.165) is 12.3 Å². The molecule has 0 radical (unpaired) electrons. The van der Waals surface area contributed by atoms with Crippen molar-refractivity contribution in [3.05, 3.63) is 29.3 Å². The van der Waals surface area contributed by atoms with Crippen molar-refractivity contribution in [2.75, 3.05) is 20.7 Å². The predicted molar refractivity (Wildman–Crippen MR) is 81.7 cm³/mol. The van der Waals surface area contributed by atoms with Crippen LogP contribution in [-0.4, -0.2) is 31.1 Å². The third kappa shape index (κ3) is 3.95. The fraction of sp³-hybridized carbons (Fsp3) is 0.625. The second-order valence-electron chi connectivity index (χ2n) is 6.10. The lowest BCUT2D eigenvalue weighted by molar-refractivity contribution is 0.155. The van der Waals surface area contributed by atoms with Crippen molar-refractivity contribution in [1.29, 1.82) is 0 Å². The van der Waals surface area contributed by atoms with Crippen molar-refractivity contribution in [2.24, 2.45) is 5.73 Å². The second-order valence-corrected chi connectivity index (χ2v) is 6.10. The summed E-state index contributed by atoms with van der Waals surface area (Å²) in [5.74, 6) is 1.43. The van der Waals surface area contributed by atoms with Crippen LogP contribution in [0.2, 0.25) is 0 Å². The topological polar surface area (TPSA) is 38.5 Å². The summed E-state index contributed by atoms with van der Waals surface area (Å²) in [6.07, 6.45) is 0. The van der Waals surface area contributed by atoms with Crippen LogP contribution in [0.3, 0.4) is 0 Å². The van der Waals surface area contributed by atoms with Gasteiger partial charge in [0.2, 0.25) is 0 Å². The lowest BCUT2D eigenvalue weighted by Gasteiger charge is -2.34. The highest BCUT2D eigenvalue weighted by Crippen LogP contribution is 2.28. The summed E-state index contributed by atoms with van der Waals surface area (Å²) in [6, 6.07) is 6.44. The number of nitrogens with two attached hydrogens (primary N) is 1. The third-order valence-corrected chi connectivity index (χ3v) is 3.87. The molecule has 0 amide bonds. The van der Waals surface area contributed by atoms with Gasteiger partial charge in [-0.2, -0.15) is 0 Å². The van der Waals surface area contributed by atoms with E-state index < -0.39 is 0 Å². The number of rotatable bonds is 6. The van der Waals surface area contributed by atoms with Gasteiger partial charge in [-0.25, -0.2) is 0 Å². The number of benzene rings is 1. The van der Waals surface area contributed by atoms with Crippen LogP contribution in [-0.2, 0) is 6.54 Å². The number of methoxy groups -OCH3 is 1. The molecule has 0 saturated heterocycles. The van der Waals surface area contributed by atoms with Crippen LogP contribution in [0, 0.1) is 0 Å². The zero-order valence-electron chi connectivity index (χ0n) is 13.2. The van der Waals surface area contributed by atoms with E-state index in [0.29, 0.717) is 12.5 Å². The minimum absolute atomic E-state index is 0.0118. The largest absolute Gasteiger partial charge is 0.496 e. The lowest BCUT2D eigenvalue weighted by atomic mass is 9.98. The first kappa shape index (κ1) is 16.0. The van der Waals surface area contributed by atoms with Gasteiger partial charge < -0.3 is 10.5 Å². The molecule has 3 nitrogen and oxygen atoms in total. The molecule has 0 aliphatic heterocycles. The molecule has 0 fully saturated rings. The number of likely N-dealkylation sites (N-methyl/N-ethyl adjacent to an activating group) is 1. The van der Waals surface area contributed by atoms with Crippen LogP contribution in [0.15, 0.2) is 18.2 Å². The summed E-state index contributed by atoms with van der Waals surface area (Å²) >= 11 is 0. The highest BCUT2D eigenvalue weighted by molar-refractivity contribution is 5.39. The van der Waals surface area contributed by atoms with E-state index in [2.05, 4.69) is 57.8 Å². The molecule has 0 saturated carbocycles. The molecule has 0 aliphatic rings. The Morgan fingerprint density at radius 2 is 1.95 bits per heavy atom. The average Bonchev–Trinajstić information content (AvgIpc) is 2.38. The minimum atomic E-state index is 0.0118. The number of nitrogens with zero attached hydrogens (tertiary/aromatic N) is 1. The molecule has 19 heavy (non-hydrogen) atoms. The predicted octanol–water partition coefficient (Wildman–Crippen LogP) is 2.99. The average molecular weight is 264 g/mol. The van der Waals surface area contributed by atoms with Gasteiger partial charge >= 0.3 is 0 Å². The van der Waals surface area contributed by atoms with Crippen molar-refractivity contribution in [2.45, 2.75) is 45.7 Å². The van der Waals surface area contributed by atoms with Crippen LogP contribution >= 0.6 is 0 Å². The molecule has 0 bridgehead atoms. The molecule has 0 unspecified atom stereocenters. The van der Waals surface area contributed by atoms with E-state index in [1.165, 1.54) is 11.1 Å². The van der Waals surface area contributed by atoms with E-state index in [1.807, 2.05) is 0 Å². The second kappa shape index (κ2) is 6.40. The van der Waals surface area contributed by atoms with Gasteiger partial charge in [0.1, 0.15) is 5.75 Å². The summed E-state index contributed by atoms with van der Waals surface area (Å²) in [4.78, 5) is 2.29. The molecule has 0 aromatic heterocycles. The van der Waals surface area contributed by atoms with Gasteiger partial charge in [-0.1, -0.05) is 26.0 Å². The summed E-state index contributed by atoms with van der Waals surface area (Å²) in [7, 11) is 3.84. The van der Waals surface area contributed by atoms with Crippen LogP contribution in [0.5, 0.6) is 5.75 Å². The molecule has 1 rings (SSSR count). The molecule has 0 spiro atoms. The quantitative estimate of drug-likeness (QED) is 0.858. The van der Waals surface area contributed by atoms with E-state index in [9.17, 15) is 0 Å². The zero-order chi connectivity index (χ0) is 14.6. The number of hydrogen-bond donors (Lipinski definition) is 1.